The van der Waals surface area contributed by atoms with Crippen molar-refractivity contribution in [3.05, 3.63) is 87.4 Å². The number of carbonyl (C=O) groups excluding carboxylic acids is 3. The normalized spacial score (nSPS) is 12.3. The third-order valence-corrected chi connectivity index (χ3v) is 6.29. The predicted octanol–water partition coefficient (Wildman–Crippen LogP) is 5.54. The topological polar surface area (TPSA) is 84.5 Å². The molecule has 162 valence electrons. The summed E-state index contributed by atoms with van der Waals surface area (Å²) in [6.07, 6.45) is 0. The number of hydrogen-bond donors (Lipinski definition) is 2. The Balaban J connectivity index is 1.30. The van der Waals surface area contributed by atoms with Gasteiger partial charge >= 0.3 is 0 Å². The summed E-state index contributed by atoms with van der Waals surface area (Å²) < 4.78 is 5.75. The maximum Gasteiger partial charge on any atom is 0.259 e. The number of rotatable bonds is 7. The molecule has 1 aliphatic heterocycles. The van der Waals surface area contributed by atoms with Crippen LogP contribution in [0.1, 0.15) is 26.3 Å². The molecule has 2 N–H and O–H groups in total. The summed E-state index contributed by atoms with van der Waals surface area (Å²) in [5.41, 5.74) is 2.04. The molecule has 0 saturated heterocycles. The Kier molecular flexibility index (Phi) is 6.69. The van der Waals surface area contributed by atoms with Crippen molar-refractivity contribution in [1.82, 2.24) is 5.32 Å². The number of carbonyl (C=O) groups is 3. The van der Waals surface area contributed by atoms with Crippen LogP contribution in [0.25, 0.3) is 0 Å². The molecule has 9 heteroatoms. The molecular formula is C23H16Cl2N2O4S. The van der Waals surface area contributed by atoms with Gasteiger partial charge in [0.25, 0.3) is 11.8 Å². The van der Waals surface area contributed by atoms with Gasteiger partial charge in [-0.15, -0.1) is 11.8 Å². The zero-order valence-electron chi connectivity index (χ0n) is 16.5. The fourth-order valence-electron chi connectivity index (χ4n) is 3.07. The molecule has 0 atom stereocenters. The molecule has 0 fully saturated rings. The van der Waals surface area contributed by atoms with E-state index in [1.165, 1.54) is 17.8 Å². The number of fused-ring (bicyclic) bond motifs is 1. The van der Waals surface area contributed by atoms with Gasteiger partial charge < -0.3 is 10.1 Å². The van der Waals surface area contributed by atoms with Crippen molar-refractivity contribution in [2.75, 3.05) is 11.1 Å². The van der Waals surface area contributed by atoms with Crippen LogP contribution in [0.2, 0.25) is 10.0 Å². The largest absolute Gasteiger partial charge is 0.457 e. The van der Waals surface area contributed by atoms with E-state index < -0.39 is 11.8 Å². The van der Waals surface area contributed by atoms with Crippen LogP contribution in [0.3, 0.4) is 0 Å². The molecule has 0 bridgehead atoms. The van der Waals surface area contributed by atoms with Gasteiger partial charge in [0.1, 0.15) is 11.5 Å². The van der Waals surface area contributed by atoms with Gasteiger partial charge in [0.2, 0.25) is 5.91 Å². The van der Waals surface area contributed by atoms with Crippen LogP contribution in [0.5, 0.6) is 11.5 Å². The first-order valence-corrected chi connectivity index (χ1v) is 11.4. The van der Waals surface area contributed by atoms with Crippen molar-refractivity contribution in [2.24, 2.45) is 0 Å². The molecule has 4 rings (SSSR count). The van der Waals surface area contributed by atoms with Crippen molar-refractivity contribution >= 4 is 58.4 Å². The molecule has 1 aliphatic rings. The number of imide groups is 1. The predicted molar refractivity (Wildman–Crippen MR) is 126 cm³/mol. The number of anilines is 1. The Hall–Kier alpha value is -3.00. The average Bonchev–Trinajstić information content (AvgIpc) is 3.05. The standard InChI is InChI=1S/C23H16Cl2N2O4S/c24-19-2-1-3-20(25)18(19)11-32-12-21(28)26-13-4-6-14(7-5-13)31-15-8-9-16-17(10-15)23(30)27-22(16)29/h1-10H,11-12H2,(H,26,28)(H,27,29,30). The van der Waals surface area contributed by atoms with E-state index in [2.05, 4.69) is 10.6 Å². The second-order valence-corrected chi connectivity index (χ2v) is 8.66. The first-order valence-electron chi connectivity index (χ1n) is 9.49. The average molecular weight is 487 g/mol. The van der Waals surface area contributed by atoms with Crippen LogP contribution in [-0.4, -0.2) is 23.5 Å². The third-order valence-electron chi connectivity index (χ3n) is 4.62. The zero-order chi connectivity index (χ0) is 22.7. The van der Waals surface area contributed by atoms with Crippen LogP contribution in [0, 0.1) is 0 Å². The fourth-order valence-corrected chi connectivity index (χ4v) is 4.63. The Bertz CT molecular complexity index is 1190. The van der Waals surface area contributed by atoms with Gasteiger partial charge in [0.15, 0.2) is 0 Å². The molecule has 3 aromatic rings. The summed E-state index contributed by atoms with van der Waals surface area (Å²) in [5.74, 6) is 0.725. The molecule has 0 aromatic heterocycles. The number of halogens is 2. The number of ether oxygens (including phenoxy) is 1. The highest BCUT2D eigenvalue weighted by molar-refractivity contribution is 7.99. The van der Waals surface area contributed by atoms with Gasteiger partial charge in [-0.3, -0.25) is 19.7 Å². The Labute approximate surface area is 198 Å². The summed E-state index contributed by atoms with van der Waals surface area (Å²) in [7, 11) is 0. The lowest BCUT2D eigenvalue weighted by Gasteiger charge is -2.09. The van der Waals surface area contributed by atoms with E-state index in [4.69, 9.17) is 27.9 Å². The van der Waals surface area contributed by atoms with Crippen LogP contribution in [-0.2, 0) is 10.5 Å². The maximum atomic E-state index is 12.2. The molecule has 1 heterocycles. The lowest BCUT2D eigenvalue weighted by Crippen LogP contribution is -2.19. The molecule has 0 radical (unpaired) electrons. The van der Waals surface area contributed by atoms with Gasteiger partial charge in [-0.2, -0.15) is 0 Å². The number of benzene rings is 3. The van der Waals surface area contributed by atoms with Gasteiger partial charge in [-0.1, -0.05) is 29.3 Å². The lowest BCUT2D eigenvalue weighted by molar-refractivity contribution is -0.113. The highest BCUT2D eigenvalue weighted by Gasteiger charge is 2.26. The summed E-state index contributed by atoms with van der Waals surface area (Å²) in [5, 5.41) is 6.22. The van der Waals surface area contributed by atoms with E-state index >= 15 is 0 Å². The van der Waals surface area contributed by atoms with Crippen LogP contribution in [0.15, 0.2) is 60.7 Å². The summed E-state index contributed by atoms with van der Waals surface area (Å²) in [6, 6.07) is 16.8. The van der Waals surface area contributed by atoms with Crippen LogP contribution in [0.4, 0.5) is 5.69 Å². The summed E-state index contributed by atoms with van der Waals surface area (Å²) >= 11 is 13.7. The molecule has 32 heavy (non-hydrogen) atoms. The molecule has 3 aromatic carbocycles. The van der Waals surface area contributed by atoms with E-state index in [1.54, 1.807) is 54.6 Å². The van der Waals surface area contributed by atoms with Gasteiger partial charge in [0.05, 0.1) is 16.9 Å². The number of nitrogens with one attached hydrogen (secondary N) is 2. The summed E-state index contributed by atoms with van der Waals surface area (Å²) in [4.78, 5) is 35.6. The molecule has 0 spiro atoms. The monoisotopic (exact) mass is 486 g/mol. The minimum absolute atomic E-state index is 0.152. The smallest absolute Gasteiger partial charge is 0.259 e. The SMILES string of the molecule is O=C(CSCc1c(Cl)cccc1Cl)Nc1ccc(Oc2ccc3c(c2)C(=O)NC3=O)cc1. The first kappa shape index (κ1) is 22.2. The number of amides is 3. The number of hydrogen-bond acceptors (Lipinski definition) is 5. The van der Waals surface area contributed by atoms with Crippen molar-refractivity contribution < 1.29 is 19.1 Å². The zero-order valence-corrected chi connectivity index (χ0v) is 18.8. The third kappa shape index (κ3) is 5.07. The molecule has 0 saturated carbocycles. The van der Waals surface area contributed by atoms with E-state index in [0.29, 0.717) is 38.5 Å². The van der Waals surface area contributed by atoms with Crippen molar-refractivity contribution in [2.45, 2.75) is 5.75 Å². The van der Waals surface area contributed by atoms with E-state index in [0.717, 1.165) is 5.56 Å². The van der Waals surface area contributed by atoms with Gasteiger partial charge in [0, 0.05) is 21.5 Å². The summed E-state index contributed by atoms with van der Waals surface area (Å²) in [6.45, 7) is 0. The van der Waals surface area contributed by atoms with E-state index in [-0.39, 0.29) is 17.2 Å². The minimum Gasteiger partial charge on any atom is -0.457 e. The lowest BCUT2D eigenvalue weighted by atomic mass is 10.1. The molecule has 0 aliphatic carbocycles. The van der Waals surface area contributed by atoms with Gasteiger partial charge in [-0.05, 0) is 60.2 Å². The highest BCUT2D eigenvalue weighted by Crippen LogP contribution is 2.29. The Morgan fingerprint density at radius 3 is 2.28 bits per heavy atom. The second kappa shape index (κ2) is 9.65. The van der Waals surface area contributed by atoms with Crippen molar-refractivity contribution in [3.8, 4) is 11.5 Å². The highest BCUT2D eigenvalue weighted by atomic mass is 35.5. The molecule has 6 nitrogen and oxygen atoms in total. The van der Waals surface area contributed by atoms with E-state index in [1.807, 2.05) is 0 Å². The molecular weight excluding hydrogens is 471 g/mol. The van der Waals surface area contributed by atoms with Crippen LogP contribution < -0.4 is 15.4 Å². The van der Waals surface area contributed by atoms with E-state index in [9.17, 15) is 14.4 Å². The van der Waals surface area contributed by atoms with Crippen molar-refractivity contribution in [1.29, 1.82) is 0 Å². The minimum atomic E-state index is -0.441. The quantitative estimate of drug-likeness (QED) is 0.428. The van der Waals surface area contributed by atoms with Gasteiger partial charge in [-0.25, -0.2) is 0 Å². The molecule has 0 unspecified atom stereocenters. The van der Waals surface area contributed by atoms with Crippen molar-refractivity contribution in [3.63, 3.8) is 0 Å². The second-order valence-electron chi connectivity index (χ2n) is 6.86. The first-order chi connectivity index (χ1) is 15.4. The maximum absolute atomic E-state index is 12.2. The fraction of sp³-hybridized carbons (Fsp3) is 0.0870. The van der Waals surface area contributed by atoms with Crippen LogP contribution >= 0.6 is 35.0 Å². The Morgan fingerprint density at radius 1 is 0.906 bits per heavy atom. The number of thioether (sulfide) groups is 1. The Morgan fingerprint density at radius 2 is 1.56 bits per heavy atom. The molecule has 3 amide bonds.